The molecule has 3 aliphatic rings. The van der Waals surface area contributed by atoms with Crippen LogP contribution in [0.2, 0.25) is 0 Å². The molecule has 4 atom stereocenters. The van der Waals surface area contributed by atoms with E-state index in [1.54, 1.807) is 0 Å². The first-order valence-electron chi connectivity index (χ1n) is 4.15. The summed E-state index contributed by atoms with van der Waals surface area (Å²) in [5.41, 5.74) is 0. The van der Waals surface area contributed by atoms with Crippen LogP contribution < -0.4 is 0 Å². The topological polar surface area (TPSA) is 0 Å². The third-order valence-corrected chi connectivity index (χ3v) is 4.89. The van der Waals surface area contributed by atoms with Crippen LogP contribution >= 0.6 is 25.3 Å². The van der Waals surface area contributed by atoms with E-state index in [1.807, 2.05) is 0 Å². The SMILES string of the molecule is SC1(S)CC2C3CCC3C21. The van der Waals surface area contributed by atoms with E-state index in [0.29, 0.717) is 0 Å². The van der Waals surface area contributed by atoms with E-state index in [9.17, 15) is 0 Å². The predicted molar refractivity (Wildman–Crippen MR) is 48.5 cm³/mol. The summed E-state index contributed by atoms with van der Waals surface area (Å²) < 4.78 is 0.131. The fourth-order valence-corrected chi connectivity index (χ4v) is 4.44. The second-order valence-corrected chi connectivity index (χ2v) is 6.13. The molecule has 0 aliphatic heterocycles. The lowest BCUT2D eigenvalue weighted by atomic mass is 9.39. The Morgan fingerprint density at radius 1 is 1.00 bits per heavy atom. The molecule has 4 unspecified atom stereocenters. The number of rotatable bonds is 0. The minimum absolute atomic E-state index is 0.131. The second kappa shape index (κ2) is 1.56. The highest BCUT2D eigenvalue weighted by atomic mass is 32.2. The highest BCUT2D eigenvalue weighted by Gasteiger charge is 2.68. The van der Waals surface area contributed by atoms with Crippen LogP contribution in [0, 0.1) is 23.7 Å². The molecule has 3 saturated carbocycles. The smallest absolute Gasteiger partial charge is 0.0588 e. The van der Waals surface area contributed by atoms with Crippen molar-refractivity contribution in [3.63, 3.8) is 0 Å². The summed E-state index contributed by atoms with van der Waals surface area (Å²) in [4.78, 5) is 0. The summed E-state index contributed by atoms with van der Waals surface area (Å²) in [7, 11) is 0. The molecular formula is C8H12S2. The second-order valence-electron chi connectivity index (χ2n) is 4.18. The van der Waals surface area contributed by atoms with Gasteiger partial charge in [0.2, 0.25) is 0 Å². The standard InChI is InChI=1S/C8H12S2/c9-8(10)3-6-4-1-2-5(4)7(6)8/h4-7,9-10H,1-3H2. The van der Waals surface area contributed by atoms with Crippen molar-refractivity contribution in [1.29, 1.82) is 0 Å². The van der Waals surface area contributed by atoms with Gasteiger partial charge in [0.15, 0.2) is 0 Å². The summed E-state index contributed by atoms with van der Waals surface area (Å²) in [5, 5.41) is 0. The fourth-order valence-electron chi connectivity index (χ4n) is 3.25. The first-order chi connectivity index (χ1) is 4.70. The molecule has 0 radical (unpaired) electrons. The van der Waals surface area contributed by atoms with E-state index in [4.69, 9.17) is 0 Å². The van der Waals surface area contributed by atoms with Gasteiger partial charge in [-0.25, -0.2) is 0 Å². The molecule has 0 aromatic carbocycles. The largest absolute Gasteiger partial charge is 0.162 e. The minimum Gasteiger partial charge on any atom is -0.162 e. The maximum absolute atomic E-state index is 4.54. The Labute approximate surface area is 72.6 Å². The monoisotopic (exact) mass is 172 g/mol. The van der Waals surface area contributed by atoms with Gasteiger partial charge in [-0.15, -0.1) is 0 Å². The Hall–Kier alpha value is 0.700. The Morgan fingerprint density at radius 3 is 2.00 bits per heavy atom. The number of hydrogen-bond donors (Lipinski definition) is 2. The maximum atomic E-state index is 4.54. The third-order valence-electron chi connectivity index (χ3n) is 3.93. The van der Waals surface area contributed by atoms with Gasteiger partial charge in [0.1, 0.15) is 0 Å². The van der Waals surface area contributed by atoms with Crippen molar-refractivity contribution in [2.24, 2.45) is 23.7 Å². The molecule has 0 heterocycles. The van der Waals surface area contributed by atoms with Crippen molar-refractivity contribution >= 4 is 25.3 Å². The van der Waals surface area contributed by atoms with Crippen LogP contribution in [-0.2, 0) is 0 Å². The quantitative estimate of drug-likeness (QED) is 0.406. The Balaban J connectivity index is 1.84. The molecule has 3 aliphatic carbocycles. The van der Waals surface area contributed by atoms with Crippen LogP contribution in [0.3, 0.4) is 0 Å². The molecule has 3 rings (SSSR count). The average molecular weight is 172 g/mol. The zero-order valence-electron chi connectivity index (χ0n) is 5.83. The fraction of sp³-hybridized carbons (Fsp3) is 1.00. The van der Waals surface area contributed by atoms with E-state index in [0.717, 1.165) is 23.7 Å². The molecular weight excluding hydrogens is 160 g/mol. The molecule has 56 valence electrons. The first-order valence-corrected chi connectivity index (χ1v) is 5.04. The highest BCUT2D eigenvalue weighted by Crippen LogP contribution is 2.73. The van der Waals surface area contributed by atoms with Crippen LogP contribution in [0.4, 0.5) is 0 Å². The van der Waals surface area contributed by atoms with E-state index >= 15 is 0 Å². The van der Waals surface area contributed by atoms with E-state index in [2.05, 4.69) is 25.3 Å². The summed E-state index contributed by atoms with van der Waals surface area (Å²) in [6, 6.07) is 0. The van der Waals surface area contributed by atoms with Crippen LogP contribution in [0.5, 0.6) is 0 Å². The minimum atomic E-state index is 0.131. The van der Waals surface area contributed by atoms with Gasteiger partial charge in [-0.05, 0) is 42.9 Å². The zero-order valence-corrected chi connectivity index (χ0v) is 7.61. The summed E-state index contributed by atoms with van der Waals surface area (Å²) in [6.45, 7) is 0. The maximum Gasteiger partial charge on any atom is 0.0588 e. The molecule has 0 bridgehead atoms. The van der Waals surface area contributed by atoms with Crippen LogP contribution in [0.15, 0.2) is 0 Å². The van der Waals surface area contributed by atoms with Gasteiger partial charge in [-0.1, -0.05) is 0 Å². The van der Waals surface area contributed by atoms with Crippen LogP contribution in [0.1, 0.15) is 19.3 Å². The Morgan fingerprint density at radius 2 is 1.70 bits per heavy atom. The molecule has 10 heavy (non-hydrogen) atoms. The van der Waals surface area contributed by atoms with Crippen molar-refractivity contribution in [2.45, 2.75) is 23.3 Å². The Bertz CT molecular complexity index is 182. The van der Waals surface area contributed by atoms with Crippen molar-refractivity contribution in [3.8, 4) is 0 Å². The molecule has 0 aromatic heterocycles. The molecule has 0 amide bonds. The molecule has 0 spiro atoms. The number of fused-ring (bicyclic) bond motifs is 4. The van der Waals surface area contributed by atoms with Gasteiger partial charge < -0.3 is 0 Å². The molecule has 2 heteroatoms. The van der Waals surface area contributed by atoms with Gasteiger partial charge in [0.25, 0.3) is 0 Å². The Kier molecular flexibility index (Phi) is 0.973. The molecule has 3 fully saturated rings. The van der Waals surface area contributed by atoms with E-state index in [1.165, 1.54) is 19.3 Å². The number of hydrogen-bond acceptors (Lipinski definition) is 2. The van der Waals surface area contributed by atoms with E-state index in [-0.39, 0.29) is 4.08 Å². The predicted octanol–water partition coefficient (Wildman–Crippen LogP) is 2.22. The lowest BCUT2D eigenvalue weighted by Crippen LogP contribution is -2.67. The lowest BCUT2D eigenvalue weighted by Gasteiger charge is -2.71. The summed E-state index contributed by atoms with van der Waals surface area (Å²) >= 11 is 9.09. The molecule has 0 N–H and O–H groups in total. The van der Waals surface area contributed by atoms with Crippen LogP contribution in [-0.4, -0.2) is 4.08 Å². The van der Waals surface area contributed by atoms with Gasteiger partial charge in [0, 0.05) is 0 Å². The molecule has 0 aromatic rings. The van der Waals surface area contributed by atoms with Crippen LogP contribution in [0.25, 0.3) is 0 Å². The van der Waals surface area contributed by atoms with Crippen molar-refractivity contribution in [1.82, 2.24) is 0 Å². The molecule has 0 saturated heterocycles. The van der Waals surface area contributed by atoms with Crippen molar-refractivity contribution in [2.75, 3.05) is 0 Å². The zero-order chi connectivity index (χ0) is 6.93. The van der Waals surface area contributed by atoms with E-state index < -0.39 is 0 Å². The summed E-state index contributed by atoms with van der Waals surface area (Å²) in [5.74, 6) is 4.07. The average Bonchev–Trinajstić information content (AvgIpc) is 1.79. The van der Waals surface area contributed by atoms with Gasteiger partial charge in [-0.2, -0.15) is 25.3 Å². The van der Waals surface area contributed by atoms with Gasteiger partial charge >= 0.3 is 0 Å². The van der Waals surface area contributed by atoms with Crippen molar-refractivity contribution < 1.29 is 0 Å². The summed E-state index contributed by atoms with van der Waals surface area (Å²) in [6.07, 6.45) is 4.24. The first kappa shape index (κ1) is 6.24. The third kappa shape index (κ3) is 0.482. The van der Waals surface area contributed by atoms with Gasteiger partial charge in [-0.3, -0.25) is 0 Å². The molecule has 0 nitrogen and oxygen atoms in total. The highest BCUT2D eigenvalue weighted by molar-refractivity contribution is 8.00. The van der Waals surface area contributed by atoms with Gasteiger partial charge in [0.05, 0.1) is 4.08 Å². The number of thiol groups is 2. The normalized spacial score (nSPS) is 60.6. The lowest BCUT2D eigenvalue weighted by molar-refractivity contribution is -0.166. The van der Waals surface area contributed by atoms with Crippen molar-refractivity contribution in [3.05, 3.63) is 0 Å².